The first kappa shape index (κ1) is 10.2. The Labute approximate surface area is 79.2 Å². The van der Waals surface area contributed by atoms with Gasteiger partial charge in [-0.05, 0) is 18.6 Å². The fraction of sp³-hybridized carbons (Fsp3) is 0.100. The number of aryl methyl sites for hydroxylation is 1. The molecule has 1 rings (SSSR count). The highest BCUT2D eigenvalue weighted by Crippen LogP contribution is 2.14. The number of carbonyl (C=O) groups is 1. The Kier molecular flexibility index (Phi) is 2.82. The third kappa shape index (κ3) is 2.07. The molecule has 0 radical (unpaired) electrons. The van der Waals surface area contributed by atoms with Crippen molar-refractivity contribution in [3.63, 3.8) is 0 Å². The fourth-order valence-corrected chi connectivity index (χ4v) is 0.863. The van der Waals surface area contributed by atoms with Gasteiger partial charge in [-0.15, -0.1) is 0 Å². The van der Waals surface area contributed by atoms with E-state index in [1.807, 2.05) is 5.92 Å². The molecule has 0 saturated heterocycles. The molecule has 1 aromatic rings. The summed E-state index contributed by atoms with van der Waals surface area (Å²) in [4.78, 5) is 10.0. The third-order valence-corrected chi connectivity index (χ3v) is 1.58. The van der Waals surface area contributed by atoms with E-state index in [1.165, 1.54) is 19.1 Å². The largest absolute Gasteiger partial charge is 0.472 e. The Hall–Kier alpha value is -1.89. The zero-order valence-corrected chi connectivity index (χ0v) is 7.27. The number of carboxylic acids is 1. The Morgan fingerprint density at radius 2 is 2.00 bits per heavy atom. The summed E-state index contributed by atoms with van der Waals surface area (Å²) in [6.45, 7) is 1.41. The molecule has 0 atom stereocenters. The zero-order valence-electron chi connectivity index (χ0n) is 7.27. The number of hydrogen-bond donors (Lipinski definition) is 1. The average Bonchev–Trinajstić information content (AvgIpc) is 2.13. The Morgan fingerprint density at radius 3 is 2.57 bits per heavy atom. The van der Waals surface area contributed by atoms with E-state index in [0.29, 0.717) is 0 Å². The number of halogens is 2. The van der Waals surface area contributed by atoms with Crippen LogP contribution in [0, 0.1) is 30.4 Å². The molecule has 14 heavy (non-hydrogen) atoms. The van der Waals surface area contributed by atoms with Crippen molar-refractivity contribution in [3.05, 3.63) is 34.9 Å². The van der Waals surface area contributed by atoms with E-state index in [4.69, 9.17) is 5.11 Å². The van der Waals surface area contributed by atoms with Gasteiger partial charge in [0.15, 0.2) is 11.6 Å². The quantitative estimate of drug-likeness (QED) is 0.641. The van der Waals surface area contributed by atoms with E-state index in [2.05, 4.69) is 0 Å². The Balaban J connectivity index is 3.20. The normalized spacial score (nSPS) is 9.07. The van der Waals surface area contributed by atoms with Crippen molar-refractivity contribution in [2.45, 2.75) is 6.92 Å². The van der Waals surface area contributed by atoms with Gasteiger partial charge in [0.25, 0.3) is 0 Å². The first-order chi connectivity index (χ1) is 6.52. The summed E-state index contributed by atoms with van der Waals surface area (Å²) in [6.07, 6.45) is 0. The molecule has 1 N–H and O–H groups in total. The number of benzene rings is 1. The van der Waals surface area contributed by atoms with Crippen LogP contribution in [-0.2, 0) is 4.79 Å². The highest BCUT2D eigenvalue weighted by molar-refractivity contribution is 5.87. The van der Waals surface area contributed by atoms with Crippen LogP contribution in [0.4, 0.5) is 8.78 Å². The third-order valence-electron chi connectivity index (χ3n) is 1.58. The van der Waals surface area contributed by atoms with Crippen LogP contribution in [0.2, 0.25) is 0 Å². The van der Waals surface area contributed by atoms with Gasteiger partial charge in [0.1, 0.15) is 0 Å². The lowest BCUT2D eigenvalue weighted by Gasteiger charge is -1.98. The van der Waals surface area contributed by atoms with Gasteiger partial charge < -0.3 is 5.11 Å². The lowest BCUT2D eigenvalue weighted by molar-refractivity contribution is -0.130. The van der Waals surface area contributed by atoms with Crippen molar-refractivity contribution in [3.8, 4) is 11.8 Å². The molecule has 72 valence electrons. The summed E-state index contributed by atoms with van der Waals surface area (Å²) in [6, 6.07) is 2.58. The predicted octanol–water partition coefficient (Wildman–Crippen LogP) is 1.71. The molecule has 0 aliphatic heterocycles. The van der Waals surface area contributed by atoms with Gasteiger partial charge in [0, 0.05) is 5.92 Å². The van der Waals surface area contributed by atoms with Crippen molar-refractivity contribution in [2.24, 2.45) is 0 Å². The van der Waals surface area contributed by atoms with Gasteiger partial charge >= 0.3 is 5.97 Å². The first-order valence-electron chi connectivity index (χ1n) is 3.72. The molecular formula is C10H6F2O2. The van der Waals surface area contributed by atoms with Crippen LogP contribution in [0.25, 0.3) is 0 Å². The highest BCUT2D eigenvalue weighted by Gasteiger charge is 2.08. The second-order valence-electron chi connectivity index (χ2n) is 2.61. The van der Waals surface area contributed by atoms with Crippen molar-refractivity contribution >= 4 is 5.97 Å². The van der Waals surface area contributed by atoms with Crippen LogP contribution >= 0.6 is 0 Å². The fourth-order valence-electron chi connectivity index (χ4n) is 0.863. The van der Waals surface area contributed by atoms with E-state index in [0.717, 1.165) is 0 Å². The van der Waals surface area contributed by atoms with Gasteiger partial charge in [-0.1, -0.05) is 12.0 Å². The number of rotatable bonds is 0. The van der Waals surface area contributed by atoms with Gasteiger partial charge in [-0.25, -0.2) is 13.6 Å². The summed E-state index contributed by atoms with van der Waals surface area (Å²) in [5, 5.41) is 8.20. The van der Waals surface area contributed by atoms with E-state index in [-0.39, 0.29) is 11.1 Å². The van der Waals surface area contributed by atoms with Gasteiger partial charge in [0.2, 0.25) is 0 Å². The summed E-state index contributed by atoms with van der Waals surface area (Å²) in [7, 11) is 0. The molecule has 0 aliphatic rings. The molecule has 0 aromatic heterocycles. The van der Waals surface area contributed by atoms with E-state index >= 15 is 0 Å². The van der Waals surface area contributed by atoms with Gasteiger partial charge in [0.05, 0.1) is 5.56 Å². The Morgan fingerprint density at radius 1 is 1.36 bits per heavy atom. The summed E-state index contributed by atoms with van der Waals surface area (Å²) in [5.74, 6) is 0.231. The van der Waals surface area contributed by atoms with Crippen LogP contribution in [0.3, 0.4) is 0 Å². The van der Waals surface area contributed by atoms with Crippen molar-refractivity contribution in [1.82, 2.24) is 0 Å². The number of aliphatic carboxylic acids is 1. The molecule has 1 aromatic carbocycles. The molecule has 0 heterocycles. The minimum atomic E-state index is -1.38. The lowest BCUT2D eigenvalue weighted by atomic mass is 10.1. The van der Waals surface area contributed by atoms with Crippen molar-refractivity contribution in [1.29, 1.82) is 0 Å². The van der Waals surface area contributed by atoms with Gasteiger partial charge in [-0.2, -0.15) is 0 Å². The van der Waals surface area contributed by atoms with E-state index in [1.54, 1.807) is 5.92 Å². The maximum Gasteiger partial charge on any atom is 0.382 e. The molecule has 0 amide bonds. The smallest absolute Gasteiger partial charge is 0.382 e. The predicted molar refractivity (Wildman–Crippen MR) is 45.6 cm³/mol. The molecule has 0 saturated carbocycles. The number of hydrogen-bond acceptors (Lipinski definition) is 1. The molecular weight excluding hydrogens is 190 g/mol. The minimum Gasteiger partial charge on any atom is -0.472 e. The monoisotopic (exact) mass is 196 g/mol. The molecule has 0 fully saturated rings. The van der Waals surface area contributed by atoms with E-state index in [9.17, 15) is 13.6 Å². The zero-order chi connectivity index (χ0) is 10.7. The van der Waals surface area contributed by atoms with Crippen molar-refractivity contribution in [2.75, 3.05) is 0 Å². The molecule has 2 nitrogen and oxygen atoms in total. The summed E-state index contributed by atoms with van der Waals surface area (Å²) < 4.78 is 26.0. The summed E-state index contributed by atoms with van der Waals surface area (Å²) >= 11 is 0. The second kappa shape index (κ2) is 3.88. The van der Waals surface area contributed by atoms with Crippen molar-refractivity contribution < 1.29 is 18.7 Å². The van der Waals surface area contributed by atoms with E-state index < -0.39 is 17.6 Å². The molecule has 0 unspecified atom stereocenters. The lowest BCUT2D eigenvalue weighted by Crippen LogP contribution is -1.94. The molecule has 0 aliphatic carbocycles. The van der Waals surface area contributed by atoms with Crippen LogP contribution in [0.1, 0.15) is 11.1 Å². The molecule has 0 bridgehead atoms. The van der Waals surface area contributed by atoms with Gasteiger partial charge in [-0.3, -0.25) is 0 Å². The average molecular weight is 196 g/mol. The SMILES string of the molecule is Cc1ccc(C#CC(=O)O)c(F)c1F. The van der Waals surface area contributed by atoms with Crippen LogP contribution in [-0.4, -0.2) is 11.1 Å². The first-order valence-corrected chi connectivity index (χ1v) is 3.72. The molecule has 4 heteroatoms. The topological polar surface area (TPSA) is 37.3 Å². The van der Waals surface area contributed by atoms with Crippen LogP contribution < -0.4 is 0 Å². The van der Waals surface area contributed by atoms with Crippen LogP contribution in [0.5, 0.6) is 0 Å². The van der Waals surface area contributed by atoms with Crippen LogP contribution in [0.15, 0.2) is 12.1 Å². The Bertz CT molecular complexity index is 441. The second-order valence-corrected chi connectivity index (χ2v) is 2.61. The maximum absolute atomic E-state index is 13.0. The molecule has 0 spiro atoms. The standard InChI is InChI=1S/C10H6F2O2/c1-6-2-3-7(4-5-8(13)14)10(12)9(6)11/h2-3H,1H3,(H,13,14). The minimum absolute atomic E-state index is 0.156. The maximum atomic E-state index is 13.0. The number of carboxylic acid groups (broad SMARTS) is 1. The highest BCUT2D eigenvalue weighted by atomic mass is 19.2. The summed E-state index contributed by atoms with van der Waals surface area (Å²) in [5.41, 5.74) is -0.0983.